The van der Waals surface area contributed by atoms with Crippen LogP contribution in [0.2, 0.25) is 0 Å². The topological polar surface area (TPSA) is 32.3 Å². The Morgan fingerprint density at radius 2 is 2.18 bits per heavy atom. The third-order valence-electron chi connectivity index (χ3n) is 2.93. The van der Waals surface area contributed by atoms with Gasteiger partial charge in [0.1, 0.15) is 5.82 Å². The molecule has 0 heterocycles. The van der Waals surface area contributed by atoms with E-state index < -0.39 is 5.60 Å². The number of hydrogen-bond acceptors (Lipinski definition) is 2. The minimum Gasteiger partial charge on any atom is -0.389 e. The highest BCUT2D eigenvalue weighted by Crippen LogP contribution is 2.16. The van der Waals surface area contributed by atoms with Crippen molar-refractivity contribution >= 4 is 0 Å². The summed E-state index contributed by atoms with van der Waals surface area (Å²) >= 11 is 0. The molecule has 0 spiro atoms. The van der Waals surface area contributed by atoms with E-state index in [9.17, 15) is 9.50 Å². The lowest BCUT2D eigenvalue weighted by molar-refractivity contribution is 0.0476. The van der Waals surface area contributed by atoms with E-state index in [0.717, 1.165) is 18.4 Å². The number of hydrogen-bond donors (Lipinski definition) is 2. The van der Waals surface area contributed by atoms with Crippen LogP contribution in [0.3, 0.4) is 0 Å². The van der Waals surface area contributed by atoms with Crippen LogP contribution in [0.15, 0.2) is 24.3 Å². The molecule has 0 fully saturated rings. The standard InChI is InChI=1S/C14H22FNO/c1-4-8-14(3,17)10-16-11(2)12-6-5-7-13(15)9-12/h5-7,9,11,16-17H,4,8,10H2,1-3H3. The summed E-state index contributed by atoms with van der Waals surface area (Å²) in [6.07, 6.45) is 1.71. The molecule has 0 amide bonds. The highest BCUT2D eigenvalue weighted by Gasteiger charge is 2.19. The minimum atomic E-state index is -0.698. The summed E-state index contributed by atoms with van der Waals surface area (Å²) < 4.78 is 13.0. The molecule has 96 valence electrons. The van der Waals surface area contributed by atoms with Crippen molar-refractivity contribution in [3.63, 3.8) is 0 Å². The third-order valence-corrected chi connectivity index (χ3v) is 2.93. The van der Waals surface area contributed by atoms with Gasteiger partial charge in [0.15, 0.2) is 0 Å². The molecule has 2 atom stereocenters. The monoisotopic (exact) mass is 239 g/mol. The summed E-state index contributed by atoms with van der Waals surface area (Å²) in [6, 6.07) is 6.58. The molecule has 0 aliphatic carbocycles. The second-order valence-electron chi connectivity index (χ2n) is 4.90. The van der Waals surface area contributed by atoms with Crippen molar-refractivity contribution in [3.8, 4) is 0 Å². The molecule has 17 heavy (non-hydrogen) atoms. The maximum atomic E-state index is 13.0. The van der Waals surface area contributed by atoms with Gasteiger partial charge in [-0.3, -0.25) is 0 Å². The average Bonchev–Trinajstić information content (AvgIpc) is 2.26. The zero-order valence-corrected chi connectivity index (χ0v) is 10.8. The van der Waals surface area contributed by atoms with Crippen LogP contribution in [-0.4, -0.2) is 17.3 Å². The summed E-state index contributed by atoms with van der Waals surface area (Å²) in [5, 5.41) is 13.3. The van der Waals surface area contributed by atoms with Crippen molar-refractivity contribution in [2.75, 3.05) is 6.54 Å². The van der Waals surface area contributed by atoms with Gasteiger partial charge in [0.2, 0.25) is 0 Å². The van der Waals surface area contributed by atoms with Crippen molar-refractivity contribution in [2.45, 2.75) is 45.3 Å². The number of halogens is 1. The van der Waals surface area contributed by atoms with Gasteiger partial charge in [-0.25, -0.2) is 4.39 Å². The maximum Gasteiger partial charge on any atom is 0.123 e. The zero-order chi connectivity index (χ0) is 12.9. The number of rotatable bonds is 6. The van der Waals surface area contributed by atoms with E-state index >= 15 is 0 Å². The summed E-state index contributed by atoms with van der Waals surface area (Å²) in [5.41, 5.74) is 0.202. The lowest BCUT2D eigenvalue weighted by Crippen LogP contribution is -2.38. The van der Waals surface area contributed by atoms with Crippen molar-refractivity contribution in [1.29, 1.82) is 0 Å². The van der Waals surface area contributed by atoms with Crippen LogP contribution in [0.25, 0.3) is 0 Å². The first kappa shape index (κ1) is 14.1. The molecule has 1 aromatic carbocycles. The molecule has 0 bridgehead atoms. The van der Waals surface area contributed by atoms with E-state index in [2.05, 4.69) is 5.32 Å². The van der Waals surface area contributed by atoms with E-state index in [4.69, 9.17) is 0 Å². The SMILES string of the molecule is CCCC(C)(O)CNC(C)c1cccc(F)c1. The second-order valence-corrected chi connectivity index (χ2v) is 4.90. The minimum absolute atomic E-state index is 0.0361. The van der Waals surface area contributed by atoms with Gasteiger partial charge in [0, 0.05) is 12.6 Å². The van der Waals surface area contributed by atoms with Gasteiger partial charge in [-0.05, 0) is 38.0 Å². The molecule has 0 aliphatic rings. The van der Waals surface area contributed by atoms with E-state index in [0.29, 0.717) is 6.54 Å². The second kappa shape index (κ2) is 6.12. The lowest BCUT2D eigenvalue weighted by atomic mass is 9.99. The molecular weight excluding hydrogens is 217 g/mol. The number of nitrogens with one attached hydrogen (secondary N) is 1. The van der Waals surface area contributed by atoms with Gasteiger partial charge in [-0.15, -0.1) is 0 Å². The van der Waals surface area contributed by atoms with Gasteiger partial charge in [0.25, 0.3) is 0 Å². The molecule has 1 rings (SSSR count). The first-order valence-corrected chi connectivity index (χ1v) is 6.16. The molecule has 2 N–H and O–H groups in total. The first-order valence-electron chi connectivity index (χ1n) is 6.16. The molecule has 2 nitrogen and oxygen atoms in total. The molecular formula is C14H22FNO. The molecule has 0 saturated heterocycles. The van der Waals surface area contributed by atoms with Gasteiger partial charge in [-0.1, -0.05) is 25.5 Å². The summed E-state index contributed by atoms with van der Waals surface area (Å²) in [4.78, 5) is 0. The summed E-state index contributed by atoms with van der Waals surface area (Å²) in [5.74, 6) is -0.225. The van der Waals surface area contributed by atoms with Crippen molar-refractivity contribution in [3.05, 3.63) is 35.6 Å². The average molecular weight is 239 g/mol. The first-order chi connectivity index (χ1) is 7.94. The Morgan fingerprint density at radius 3 is 2.76 bits per heavy atom. The van der Waals surface area contributed by atoms with Crippen LogP contribution in [-0.2, 0) is 0 Å². The highest BCUT2D eigenvalue weighted by atomic mass is 19.1. The van der Waals surface area contributed by atoms with E-state index in [-0.39, 0.29) is 11.9 Å². The summed E-state index contributed by atoms with van der Waals surface area (Å²) in [7, 11) is 0. The van der Waals surface area contributed by atoms with Crippen LogP contribution in [0.4, 0.5) is 4.39 Å². The van der Waals surface area contributed by atoms with E-state index in [1.54, 1.807) is 6.07 Å². The normalized spacial score (nSPS) is 16.5. The predicted molar refractivity (Wildman–Crippen MR) is 68.3 cm³/mol. The Bertz CT molecular complexity index is 352. The van der Waals surface area contributed by atoms with Crippen LogP contribution in [0, 0.1) is 5.82 Å². The van der Waals surface area contributed by atoms with Crippen molar-refractivity contribution in [1.82, 2.24) is 5.32 Å². The van der Waals surface area contributed by atoms with Crippen LogP contribution in [0.1, 0.15) is 45.2 Å². The van der Waals surface area contributed by atoms with Gasteiger partial charge >= 0.3 is 0 Å². The largest absolute Gasteiger partial charge is 0.389 e. The fourth-order valence-corrected chi connectivity index (χ4v) is 1.89. The van der Waals surface area contributed by atoms with Gasteiger partial charge < -0.3 is 10.4 Å². The van der Waals surface area contributed by atoms with Crippen LogP contribution in [0.5, 0.6) is 0 Å². The molecule has 2 unspecified atom stereocenters. The lowest BCUT2D eigenvalue weighted by Gasteiger charge is -2.25. The van der Waals surface area contributed by atoms with Crippen LogP contribution >= 0.6 is 0 Å². The number of benzene rings is 1. The van der Waals surface area contributed by atoms with Crippen LogP contribution < -0.4 is 5.32 Å². The van der Waals surface area contributed by atoms with Gasteiger partial charge in [-0.2, -0.15) is 0 Å². The Morgan fingerprint density at radius 1 is 1.47 bits per heavy atom. The Labute approximate surface area is 103 Å². The Balaban J connectivity index is 2.52. The zero-order valence-electron chi connectivity index (χ0n) is 10.8. The fraction of sp³-hybridized carbons (Fsp3) is 0.571. The van der Waals surface area contributed by atoms with Crippen molar-refractivity contribution < 1.29 is 9.50 Å². The fourth-order valence-electron chi connectivity index (χ4n) is 1.89. The molecule has 0 saturated carbocycles. The smallest absolute Gasteiger partial charge is 0.123 e. The van der Waals surface area contributed by atoms with E-state index in [1.807, 2.05) is 26.8 Å². The van der Waals surface area contributed by atoms with Gasteiger partial charge in [0.05, 0.1) is 5.60 Å². The molecule has 3 heteroatoms. The molecule has 0 radical (unpaired) electrons. The molecule has 0 aromatic heterocycles. The number of aliphatic hydroxyl groups is 1. The molecule has 0 aliphatic heterocycles. The maximum absolute atomic E-state index is 13.0. The molecule has 1 aromatic rings. The third kappa shape index (κ3) is 4.84. The quantitative estimate of drug-likeness (QED) is 0.799. The Kier molecular flexibility index (Phi) is 5.09. The van der Waals surface area contributed by atoms with Crippen molar-refractivity contribution in [2.24, 2.45) is 0 Å². The van der Waals surface area contributed by atoms with E-state index in [1.165, 1.54) is 12.1 Å². The highest BCUT2D eigenvalue weighted by molar-refractivity contribution is 5.19. The Hall–Kier alpha value is -0.930. The predicted octanol–water partition coefficient (Wildman–Crippen LogP) is 3.03. The summed E-state index contributed by atoms with van der Waals surface area (Å²) in [6.45, 7) is 6.35.